The summed E-state index contributed by atoms with van der Waals surface area (Å²) in [4.78, 5) is 20.4. The van der Waals surface area contributed by atoms with E-state index in [2.05, 4.69) is 0 Å². The van der Waals surface area contributed by atoms with Crippen LogP contribution in [0.15, 0.2) is 12.0 Å². The summed E-state index contributed by atoms with van der Waals surface area (Å²) in [5.74, 6) is 0.229. The van der Waals surface area contributed by atoms with E-state index in [0.717, 1.165) is 6.42 Å². The molecular weight excluding hydrogens is 208 g/mol. The summed E-state index contributed by atoms with van der Waals surface area (Å²) < 4.78 is 0. The first-order chi connectivity index (χ1) is 7.14. The molecule has 0 spiro atoms. The molecule has 0 aromatic carbocycles. The lowest BCUT2D eigenvalue weighted by Crippen LogP contribution is -2.22. The van der Waals surface area contributed by atoms with E-state index in [1.807, 2.05) is 48.5 Å². The van der Waals surface area contributed by atoms with Gasteiger partial charge in [0.25, 0.3) is 0 Å². The van der Waals surface area contributed by atoms with Crippen molar-refractivity contribution in [1.29, 1.82) is 0 Å². The van der Waals surface area contributed by atoms with Crippen LogP contribution in [-0.2, 0) is 19.6 Å². The Morgan fingerprint density at radius 2 is 1.25 bits per heavy atom. The van der Waals surface area contributed by atoms with E-state index in [4.69, 9.17) is 19.6 Å². The summed E-state index contributed by atoms with van der Waals surface area (Å²) in [5, 5.41) is 0. The van der Waals surface area contributed by atoms with Crippen molar-refractivity contribution in [1.82, 2.24) is 0 Å². The Morgan fingerprint density at radius 1 is 0.875 bits per heavy atom. The molecule has 0 saturated heterocycles. The van der Waals surface area contributed by atoms with Gasteiger partial charge in [-0.2, -0.15) is 9.78 Å². The van der Waals surface area contributed by atoms with Crippen LogP contribution in [-0.4, -0.2) is 11.2 Å². The molecule has 0 radical (unpaired) electrons. The van der Waals surface area contributed by atoms with Gasteiger partial charge in [0.1, 0.15) is 11.2 Å². The quantitative estimate of drug-likeness (QED) is 0.411. The minimum Gasteiger partial charge on any atom is -0.295 e. The van der Waals surface area contributed by atoms with E-state index in [1.54, 1.807) is 6.08 Å². The van der Waals surface area contributed by atoms with Crippen molar-refractivity contribution in [3.63, 3.8) is 0 Å². The van der Waals surface area contributed by atoms with Gasteiger partial charge in [-0.15, -0.1) is 0 Å². The van der Waals surface area contributed by atoms with Gasteiger partial charge in [-0.1, -0.05) is 6.92 Å². The topological polar surface area (TPSA) is 36.9 Å². The molecule has 16 heavy (non-hydrogen) atoms. The van der Waals surface area contributed by atoms with Gasteiger partial charge in [-0.3, -0.25) is 9.78 Å². The molecule has 0 heterocycles. The first kappa shape index (κ1) is 15.3. The van der Waals surface area contributed by atoms with Crippen molar-refractivity contribution < 1.29 is 19.6 Å². The summed E-state index contributed by atoms with van der Waals surface area (Å²) in [6.45, 7) is 13.3. The molecule has 96 valence electrons. The zero-order chi connectivity index (χ0) is 12.8. The maximum absolute atomic E-state index is 5.14. The molecule has 0 aliphatic carbocycles. The van der Waals surface area contributed by atoms with Gasteiger partial charge in [0.2, 0.25) is 0 Å². The molecule has 4 nitrogen and oxygen atoms in total. The summed E-state index contributed by atoms with van der Waals surface area (Å²) in [7, 11) is 0. The monoisotopic (exact) mass is 232 g/mol. The molecule has 0 saturated carbocycles. The highest BCUT2D eigenvalue weighted by Gasteiger charge is 2.17. The normalized spacial score (nSPS) is 12.2. The zero-order valence-corrected chi connectivity index (χ0v) is 11.4. The largest absolute Gasteiger partial charge is 0.348 e. The van der Waals surface area contributed by atoms with Crippen molar-refractivity contribution in [3.8, 4) is 0 Å². The Balaban J connectivity index is 4.15. The zero-order valence-electron chi connectivity index (χ0n) is 11.4. The fourth-order valence-corrected chi connectivity index (χ4v) is 0.581. The SMILES string of the molecule is CCC=C(OOC(C)(C)C)OOC(C)(C)C. The predicted octanol–water partition coefficient (Wildman–Crippen LogP) is 3.73. The van der Waals surface area contributed by atoms with E-state index in [-0.39, 0.29) is 5.95 Å². The molecule has 4 heteroatoms. The fourth-order valence-electron chi connectivity index (χ4n) is 0.581. The minimum atomic E-state index is -0.391. The maximum Gasteiger partial charge on any atom is 0.348 e. The Labute approximate surface area is 98.4 Å². The minimum absolute atomic E-state index is 0.229. The van der Waals surface area contributed by atoms with Crippen LogP contribution in [0, 0.1) is 0 Å². The molecule has 0 aliphatic heterocycles. The Morgan fingerprint density at radius 3 is 1.50 bits per heavy atom. The van der Waals surface area contributed by atoms with E-state index < -0.39 is 11.2 Å². The standard InChI is InChI=1S/C12H24O4/c1-8-9-10(13-15-11(2,3)4)14-16-12(5,6)7/h9H,8H2,1-7H3. The van der Waals surface area contributed by atoms with Crippen LogP contribution in [0.25, 0.3) is 0 Å². The number of allylic oxidation sites excluding steroid dienone is 1. The van der Waals surface area contributed by atoms with Gasteiger partial charge >= 0.3 is 5.95 Å². The summed E-state index contributed by atoms with van der Waals surface area (Å²) in [5.41, 5.74) is -0.782. The van der Waals surface area contributed by atoms with Gasteiger partial charge in [0, 0.05) is 6.08 Å². The third kappa shape index (κ3) is 9.80. The molecule has 0 aliphatic rings. The molecule has 0 rings (SSSR count). The van der Waals surface area contributed by atoms with Crippen LogP contribution in [0.4, 0.5) is 0 Å². The van der Waals surface area contributed by atoms with Gasteiger partial charge in [0.15, 0.2) is 0 Å². The Bertz CT molecular complexity index is 200. The predicted molar refractivity (Wildman–Crippen MR) is 62.2 cm³/mol. The van der Waals surface area contributed by atoms with Crippen LogP contribution in [0.2, 0.25) is 0 Å². The highest BCUT2D eigenvalue weighted by atomic mass is 17.3. The molecule has 0 bridgehead atoms. The highest BCUT2D eigenvalue weighted by Crippen LogP contribution is 2.15. The van der Waals surface area contributed by atoms with E-state index >= 15 is 0 Å². The number of hydrogen-bond donors (Lipinski definition) is 0. The molecule has 0 unspecified atom stereocenters. The average Bonchev–Trinajstić information content (AvgIpc) is 2.07. The Hall–Kier alpha value is -0.740. The number of hydrogen-bond acceptors (Lipinski definition) is 4. The van der Waals surface area contributed by atoms with Crippen molar-refractivity contribution in [2.75, 3.05) is 0 Å². The second kappa shape index (κ2) is 6.11. The fraction of sp³-hybridized carbons (Fsp3) is 0.833. The molecule has 0 amide bonds. The van der Waals surface area contributed by atoms with Crippen LogP contribution in [0.1, 0.15) is 54.9 Å². The van der Waals surface area contributed by atoms with E-state index in [9.17, 15) is 0 Å². The third-order valence-electron chi connectivity index (χ3n) is 1.12. The maximum atomic E-state index is 5.14. The van der Waals surface area contributed by atoms with Crippen molar-refractivity contribution in [2.24, 2.45) is 0 Å². The summed E-state index contributed by atoms with van der Waals surface area (Å²) in [6.07, 6.45) is 2.52. The third-order valence-corrected chi connectivity index (χ3v) is 1.12. The van der Waals surface area contributed by atoms with Crippen molar-refractivity contribution >= 4 is 0 Å². The highest BCUT2D eigenvalue weighted by molar-refractivity contribution is 4.80. The van der Waals surface area contributed by atoms with Gasteiger partial charge < -0.3 is 0 Å². The lowest BCUT2D eigenvalue weighted by Gasteiger charge is -2.21. The van der Waals surface area contributed by atoms with Crippen molar-refractivity contribution in [2.45, 2.75) is 66.1 Å². The Kier molecular flexibility index (Phi) is 5.83. The van der Waals surface area contributed by atoms with E-state index in [1.165, 1.54) is 0 Å². The molecule has 0 aromatic heterocycles. The van der Waals surface area contributed by atoms with E-state index in [0.29, 0.717) is 0 Å². The summed E-state index contributed by atoms with van der Waals surface area (Å²) >= 11 is 0. The smallest absolute Gasteiger partial charge is 0.295 e. The van der Waals surface area contributed by atoms with Gasteiger partial charge in [0.05, 0.1) is 0 Å². The van der Waals surface area contributed by atoms with Gasteiger partial charge in [-0.25, -0.2) is 0 Å². The second-order valence-corrected chi connectivity index (χ2v) is 5.49. The first-order valence-corrected chi connectivity index (χ1v) is 5.55. The van der Waals surface area contributed by atoms with Crippen LogP contribution < -0.4 is 0 Å². The van der Waals surface area contributed by atoms with Crippen LogP contribution in [0.3, 0.4) is 0 Å². The average molecular weight is 232 g/mol. The lowest BCUT2D eigenvalue weighted by atomic mass is 10.2. The van der Waals surface area contributed by atoms with Crippen molar-refractivity contribution in [3.05, 3.63) is 12.0 Å². The lowest BCUT2D eigenvalue weighted by molar-refractivity contribution is -0.415. The summed E-state index contributed by atoms with van der Waals surface area (Å²) in [6, 6.07) is 0. The molecule has 0 aromatic rings. The number of rotatable bonds is 5. The molecule has 0 atom stereocenters. The molecule has 0 N–H and O–H groups in total. The second-order valence-electron chi connectivity index (χ2n) is 5.49. The first-order valence-electron chi connectivity index (χ1n) is 5.55. The molecular formula is C12H24O4. The van der Waals surface area contributed by atoms with Crippen LogP contribution in [0.5, 0.6) is 0 Å². The van der Waals surface area contributed by atoms with Gasteiger partial charge in [-0.05, 0) is 48.0 Å². The molecule has 0 fully saturated rings. The van der Waals surface area contributed by atoms with Crippen LogP contribution >= 0.6 is 0 Å².